The molecule has 4 atom stereocenters. The van der Waals surface area contributed by atoms with Gasteiger partial charge in [0, 0.05) is 34.1 Å². The predicted octanol–water partition coefficient (Wildman–Crippen LogP) is 2.27. The maximum Gasteiger partial charge on any atom is 0.262 e. The van der Waals surface area contributed by atoms with E-state index in [1.807, 2.05) is 48.5 Å². The van der Waals surface area contributed by atoms with Crippen molar-refractivity contribution in [2.45, 2.75) is 24.5 Å². The number of benzene rings is 3. The number of carbonyl (C=O) groups is 2. The van der Waals surface area contributed by atoms with Gasteiger partial charge < -0.3 is 29.6 Å². The highest BCUT2D eigenvalue weighted by atomic mass is 16.5. The monoisotopic (exact) mass is 471 g/mol. The van der Waals surface area contributed by atoms with E-state index in [1.54, 1.807) is 4.57 Å². The van der Waals surface area contributed by atoms with E-state index in [2.05, 4.69) is 4.98 Å². The molecule has 4 heterocycles. The van der Waals surface area contributed by atoms with Gasteiger partial charge in [-0.15, -0.1) is 0 Å². The lowest BCUT2D eigenvalue weighted by atomic mass is 9.96. The third-order valence-electron chi connectivity index (χ3n) is 7.37. The minimum atomic E-state index is -1.43. The lowest BCUT2D eigenvalue weighted by molar-refractivity contribution is -0.208. The van der Waals surface area contributed by atoms with Crippen molar-refractivity contribution in [2.75, 3.05) is 13.7 Å². The van der Waals surface area contributed by atoms with Crippen LogP contribution in [0.1, 0.15) is 26.9 Å². The highest BCUT2D eigenvalue weighted by Gasteiger charge is 2.43. The number of hydrogen-bond acceptors (Lipinski definition) is 6. The highest BCUT2D eigenvalue weighted by molar-refractivity contribution is 6.39. The van der Waals surface area contributed by atoms with Crippen molar-refractivity contribution in [2.24, 2.45) is 0 Å². The van der Waals surface area contributed by atoms with Crippen molar-refractivity contribution in [3.8, 4) is 0 Å². The molecule has 2 aromatic heterocycles. The predicted molar refractivity (Wildman–Crippen MR) is 128 cm³/mol. The molecule has 0 saturated carbocycles. The number of nitrogens with one attached hydrogen (secondary N) is 1. The van der Waals surface area contributed by atoms with Crippen LogP contribution in [0.2, 0.25) is 0 Å². The van der Waals surface area contributed by atoms with Gasteiger partial charge in [0.15, 0.2) is 6.23 Å². The van der Waals surface area contributed by atoms with Crippen LogP contribution in [-0.2, 0) is 4.74 Å². The molecule has 5 aromatic rings. The molecule has 4 N–H and O–H groups in total. The molecule has 7 rings (SSSR count). The van der Waals surface area contributed by atoms with Crippen molar-refractivity contribution in [1.82, 2.24) is 14.5 Å². The Labute approximate surface area is 197 Å². The second-order valence-electron chi connectivity index (χ2n) is 9.22. The fourth-order valence-electron chi connectivity index (χ4n) is 5.73. The van der Waals surface area contributed by atoms with Gasteiger partial charge in [0.05, 0.1) is 34.3 Å². The molecule has 2 aliphatic heterocycles. The lowest BCUT2D eigenvalue weighted by Crippen LogP contribution is -2.50. The van der Waals surface area contributed by atoms with E-state index in [9.17, 15) is 24.9 Å². The molecular weight excluding hydrogens is 450 g/mol. The normalized spacial score (nSPS) is 25.0. The number of fused-ring (bicyclic) bond motifs is 10. The minimum Gasteiger partial charge on any atom is -0.388 e. The molecule has 2 aliphatic rings. The first-order chi connectivity index (χ1) is 16.9. The second kappa shape index (κ2) is 6.89. The highest BCUT2D eigenvalue weighted by Crippen LogP contribution is 2.46. The number of aromatic amines is 1. The number of carbonyl (C=O) groups excluding carboxylic acids is 2. The molecule has 0 radical (unpaired) electrons. The molecule has 0 unspecified atom stereocenters. The van der Waals surface area contributed by atoms with E-state index >= 15 is 0 Å². The topological polar surface area (TPSA) is 128 Å². The van der Waals surface area contributed by atoms with Crippen LogP contribution >= 0.6 is 0 Å². The Morgan fingerprint density at radius 2 is 1.54 bits per heavy atom. The molecule has 1 saturated heterocycles. The Hall–Kier alpha value is -3.76. The van der Waals surface area contributed by atoms with E-state index in [1.165, 1.54) is 7.05 Å². The zero-order chi connectivity index (χ0) is 24.2. The van der Waals surface area contributed by atoms with Gasteiger partial charge in [0.1, 0.15) is 18.3 Å². The maximum absolute atomic E-state index is 13.4. The summed E-state index contributed by atoms with van der Waals surface area (Å²) >= 11 is 0. The molecule has 0 aliphatic carbocycles. The van der Waals surface area contributed by atoms with Crippen molar-refractivity contribution in [3.05, 3.63) is 59.7 Å². The number of amides is 2. The fourth-order valence-corrected chi connectivity index (χ4v) is 5.73. The standard InChI is InChI=1S/C26H21N3O6/c1-28-24(33)18-16-11-6-2-4-8-13(11)27-20(16)21-17(19(18)25(28)34)12-7-3-5-9-14(12)29(21)26-23(32)22(31)15(30)10-35-26/h2-9,15,22-23,26-27,30-32H,10H2,1H3/t15-,22+,23-,26-/m1/s1. The SMILES string of the molecule is CN1C(=O)c2c(c3c4ccccc4n([C@@H]4OC[C@@H](O)[C@H](O)[C@H]4O)c3c3[nH]c4ccccc4c23)C1=O. The third-order valence-corrected chi connectivity index (χ3v) is 7.37. The zero-order valence-electron chi connectivity index (χ0n) is 18.6. The van der Waals surface area contributed by atoms with Crippen LogP contribution in [-0.4, -0.2) is 73.6 Å². The van der Waals surface area contributed by atoms with Gasteiger partial charge in [0.25, 0.3) is 11.8 Å². The van der Waals surface area contributed by atoms with E-state index in [0.717, 1.165) is 15.8 Å². The summed E-state index contributed by atoms with van der Waals surface area (Å²) < 4.78 is 7.63. The van der Waals surface area contributed by atoms with E-state index in [4.69, 9.17) is 4.74 Å². The summed E-state index contributed by atoms with van der Waals surface area (Å²) in [4.78, 5) is 31.3. The van der Waals surface area contributed by atoms with Crippen molar-refractivity contribution >= 4 is 55.4 Å². The number of ether oxygens (including phenoxy) is 1. The number of imide groups is 1. The first-order valence-electron chi connectivity index (χ1n) is 11.4. The van der Waals surface area contributed by atoms with Gasteiger partial charge in [-0.05, 0) is 12.1 Å². The Kier molecular flexibility index (Phi) is 4.06. The average Bonchev–Trinajstić information content (AvgIpc) is 3.48. The summed E-state index contributed by atoms with van der Waals surface area (Å²) in [6, 6.07) is 14.9. The number of rotatable bonds is 1. The molecular formula is C26H21N3O6. The van der Waals surface area contributed by atoms with Crippen molar-refractivity contribution < 1.29 is 29.6 Å². The summed E-state index contributed by atoms with van der Waals surface area (Å²) in [5.74, 6) is -0.767. The largest absolute Gasteiger partial charge is 0.388 e. The Morgan fingerprint density at radius 3 is 2.31 bits per heavy atom. The van der Waals surface area contributed by atoms with E-state index in [0.29, 0.717) is 43.8 Å². The third kappa shape index (κ3) is 2.45. The minimum absolute atomic E-state index is 0.169. The maximum atomic E-state index is 13.4. The Morgan fingerprint density at radius 1 is 0.886 bits per heavy atom. The first kappa shape index (κ1) is 20.6. The number of nitrogens with zero attached hydrogens (tertiary/aromatic N) is 2. The Bertz CT molecular complexity index is 1730. The van der Waals surface area contributed by atoms with Gasteiger partial charge in [0.2, 0.25) is 0 Å². The number of aromatic nitrogens is 2. The van der Waals surface area contributed by atoms with E-state index in [-0.39, 0.29) is 12.5 Å². The molecule has 176 valence electrons. The van der Waals surface area contributed by atoms with Gasteiger partial charge in [-0.3, -0.25) is 14.5 Å². The molecule has 9 nitrogen and oxygen atoms in total. The van der Waals surface area contributed by atoms with E-state index < -0.39 is 30.4 Å². The van der Waals surface area contributed by atoms with Crippen molar-refractivity contribution in [1.29, 1.82) is 0 Å². The summed E-state index contributed by atoms with van der Waals surface area (Å²) in [7, 11) is 1.47. The van der Waals surface area contributed by atoms with Gasteiger partial charge in [-0.25, -0.2) is 0 Å². The molecule has 0 spiro atoms. The summed E-state index contributed by atoms with van der Waals surface area (Å²) in [5, 5.41) is 34.1. The fraction of sp³-hybridized carbons (Fsp3) is 0.231. The molecule has 1 fully saturated rings. The number of aliphatic hydroxyl groups is 3. The zero-order valence-corrected chi connectivity index (χ0v) is 18.6. The number of aliphatic hydroxyl groups excluding tert-OH is 3. The molecule has 35 heavy (non-hydrogen) atoms. The summed E-state index contributed by atoms with van der Waals surface area (Å²) in [6.07, 6.45) is -5.09. The van der Waals surface area contributed by atoms with Gasteiger partial charge >= 0.3 is 0 Å². The average molecular weight is 471 g/mol. The molecule has 9 heteroatoms. The van der Waals surface area contributed by atoms with Crippen LogP contribution in [0, 0.1) is 0 Å². The summed E-state index contributed by atoms with van der Waals surface area (Å²) in [6.45, 7) is -0.169. The van der Waals surface area contributed by atoms with Crippen LogP contribution in [0.3, 0.4) is 0 Å². The summed E-state index contributed by atoms with van der Waals surface area (Å²) in [5.41, 5.74) is 3.33. The number of hydrogen-bond donors (Lipinski definition) is 4. The van der Waals surface area contributed by atoms with Crippen LogP contribution < -0.4 is 0 Å². The first-order valence-corrected chi connectivity index (χ1v) is 11.4. The number of H-pyrrole nitrogens is 1. The van der Waals surface area contributed by atoms with Crippen LogP contribution in [0.15, 0.2) is 48.5 Å². The molecule has 0 bridgehead atoms. The Balaban J connectivity index is 1.74. The second-order valence-corrected chi connectivity index (χ2v) is 9.22. The van der Waals surface area contributed by atoms with Crippen LogP contribution in [0.25, 0.3) is 43.6 Å². The number of para-hydroxylation sites is 2. The van der Waals surface area contributed by atoms with Crippen molar-refractivity contribution in [3.63, 3.8) is 0 Å². The van der Waals surface area contributed by atoms with Gasteiger partial charge in [-0.2, -0.15) is 0 Å². The van der Waals surface area contributed by atoms with Crippen LogP contribution in [0.5, 0.6) is 0 Å². The quantitative estimate of drug-likeness (QED) is 0.278. The van der Waals surface area contributed by atoms with Crippen LogP contribution in [0.4, 0.5) is 0 Å². The van der Waals surface area contributed by atoms with Gasteiger partial charge in [-0.1, -0.05) is 36.4 Å². The molecule has 3 aromatic carbocycles. The smallest absolute Gasteiger partial charge is 0.262 e. The molecule has 2 amide bonds. The lowest BCUT2D eigenvalue weighted by Gasteiger charge is -2.36.